The highest BCUT2D eigenvalue weighted by molar-refractivity contribution is 5.97. The summed E-state index contributed by atoms with van der Waals surface area (Å²) in [5, 5.41) is 6.28. The van der Waals surface area contributed by atoms with E-state index < -0.39 is 11.8 Å². The third kappa shape index (κ3) is 9.79. The number of ether oxygens (including phenoxy) is 2. The Balaban J connectivity index is 1.80. The fourth-order valence-electron chi connectivity index (χ4n) is 5.26. The summed E-state index contributed by atoms with van der Waals surface area (Å²) in [4.78, 5) is 12.8. The van der Waals surface area contributed by atoms with Crippen molar-refractivity contribution in [1.82, 2.24) is 5.32 Å². The first-order valence-electron chi connectivity index (χ1n) is 13.7. The van der Waals surface area contributed by atoms with E-state index in [2.05, 4.69) is 83.4 Å². The molecular formula is C32H50N2O3. The van der Waals surface area contributed by atoms with Crippen LogP contribution in [0.3, 0.4) is 0 Å². The predicted octanol–water partition coefficient (Wildman–Crippen LogP) is 7.56. The van der Waals surface area contributed by atoms with Gasteiger partial charge in [-0.05, 0) is 79.3 Å². The molecule has 2 aromatic carbocycles. The highest BCUT2D eigenvalue weighted by atomic mass is 16.7. The van der Waals surface area contributed by atoms with Crippen molar-refractivity contribution in [1.29, 1.82) is 0 Å². The highest BCUT2D eigenvalue weighted by Crippen LogP contribution is 2.47. The van der Waals surface area contributed by atoms with E-state index >= 15 is 0 Å². The van der Waals surface area contributed by atoms with Crippen LogP contribution in [0.2, 0.25) is 0 Å². The first-order chi connectivity index (χ1) is 17.1. The Bertz CT molecular complexity index is 953. The summed E-state index contributed by atoms with van der Waals surface area (Å²) in [6, 6.07) is 16.4. The van der Waals surface area contributed by atoms with Crippen molar-refractivity contribution in [3.8, 4) is 5.75 Å². The maximum absolute atomic E-state index is 12.8. The van der Waals surface area contributed by atoms with Gasteiger partial charge < -0.3 is 20.1 Å². The van der Waals surface area contributed by atoms with Gasteiger partial charge in [0.05, 0.1) is 12.1 Å². The zero-order valence-electron chi connectivity index (χ0n) is 24.8. The standard InChI is InChI=1S/C32H50N2O3/c1-11-12-24-13-17-26(18-14-24)34-29(35)32(9,10)33-21-22-36-23(2)37-27-19-15-25(16-20-27)28(30(3,4)5)31(6,7)8/h13-20,23,28,33H,11-12,21-22H2,1-10H3,(H,34,35). The second-order valence-corrected chi connectivity index (χ2v) is 12.7. The van der Waals surface area contributed by atoms with E-state index in [0.29, 0.717) is 19.1 Å². The van der Waals surface area contributed by atoms with Crippen molar-refractivity contribution in [2.45, 2.75) is 99.8 Å². The number of amides is 1. The van der Waals surface area contributed by atoms with Crippen LogP contribution in [0.1, 0.15) is 92.7 Å². The van der Waals surface area contributed by atoms with Crippen molar-refractivity contribution >= 4 is 11.6 Å². The molecule has 206 valence electrons. The minimum atomic E-state index is -0.734. The molecule has 0 spiro atoms. The van der Waals surface area contributed by atoms with E-state index in [1.165, 1.54) is 11.1 Å². The van der Waals surface area contributed by atoms with E-state index in [1.54, 1.807) is 0 Å². The lowest BCUT2D eigenvalue weighted by Crippen LogP contribution is -2.51. The molecule has 2 aromatic rings. The average Bonchev–Trinajstić information content (AvgIpc) is 2.77. The Labute approximate surface area is 225 Å². The Hall–Kier alpha value is -2.37. The fraction of sp³-hybridized carbons (Fsp3) is 0.594. The lowest BCUT2D eigenvalue weighted by Gasteiger charge is -2.41. The summed E-state index contributed by atoms with van der Waals surface area (Å²) in [6.45, 7) is 22.5. The summed E-state index contributed by atoms with van der Waals surface area (Å²) in [7, 11) is 0. The molecule has 0 aliphatic carbocycles. The van der Waals surface area contributed by atoms with Gasteiger partial charge in [-0.3, -0.25) is 4.79 Å². The van der Waals surface area contributed by atoms with Crippen LogP contribution in [0.4, 0.5) is 5.69 Å². The van der Waals surface area contributed by atoms with E-state index in [0.717, 1.165) is 24.3 Å². The third-order valence-corrected chi connectivity index (χ3v) is 6.59. The minimum Gasteiger partial charge on any atom is -0.465 e. The Morgan fingerprint density at radius 2 is 1.43 bits per heavy atom. The van der Waals surface area contributed by atoms with Crippen LogP contribution < -0.4 is 15.4 Å². The van der Waals surface area contributed by atoms with Crippen molar-refractivity contribution < 1.29 is 14.3 Å². The zero-order valence-corrected chi connectivity index (χ0v) is 24.8. The molecule has 0 saturated carbocycles. The van der Waals surface area contributed by atoms with Crippen molar-refractivity contribution in [3.05, 3.63) is 59.7 Å². The first kappa shape index (κ1) is 30.9. The average molecular weight is 511 g/mol. The molecule has 5 heteroatoms. The lowest BCUT2D eigenvalue weighted by molar-refractivity contribution is -0.121. The fourth-order valence-corrected chi connectivity index (χ4v) is 5.26. The molecule has 1 amide bonds. The summed E-state index contributed by atoms with van der Waals surface area (Å²) in [5.41, 5.74) is 2.99. The molecule has 0 radical (unpaired) electrons. The molecule has 0 heterocycles. The number of nitrogens with one attached hydrogen (secondary N) is 2. The van der Waals surface area contributed by atoms with Crippen LogP contribution in [0.25, 0.3) is 0 Å². The van der Waals surface area contributed by atoms with Gasteiger partial charge >= 0.3 is 0 Å². The molecule has 2 N–H and O–H groups in total. The number of benzene rings is 2. The molecule has 0 aromatic heterocycles. The minimum absolute atomic E-state index is 0.0797. The summed E-state index contributed by atoms with van der Waals surface area (Å²) >= 11 is 0. The van der Waals surface area contributed by atoms with Gasteiger partial charge in [-0.25, -0.2) is 0 Å². The van der Waals surface area contributed by atoms with Gasteiger partial charge in [-0.15, -0.1) is 0 Å². The quantitative estimate of drug-likeness (QED) is 0.228. The van der Waals surface area contributed by atoms with Gasteiger partial charge in [-0.1, -0.05) is 79.2 Å². The number of rotatable bonds is 12. The number of hydrogen-bond donors (Lipinski definition) is 2. The van der Waals surface area contributed by atoms with Crippen LogP contribution in [0.5, 0.6) is 5.75 Å². The Morgan fingerprint density at radius 1 is 0.865 bits per heavy atom. The van der Waals surface area contributed by atoms with Crippen LogP contribution in [-0.2, 0) is 16.0 Å². The van der Waals surface area contributed by atoms with Crippen LogP contribution in [0.15, 0.2) is 48.5 Å². The molecule has 1 unspecified atom stereocenters. The van der Waals surface area contributed by atoms with Gasteiger partial charge in [0, 0.05) is 12.2 Å². The van der Waals surface area contributed by atoms with Crippen LogP contribution in [-0.4, -0.2) is 30.9 Å². The van der Waals surface area contributed by atoms with Gasteiger partial charge in [0.25, 0.3) is 0 Å². The zero-order chi connectivity index (χ0) is 27.9. The van der Waals surface area contributed by atoms with E-state index in [9.17, 15) is 4.79 Å². The van der Waals surface area contributed by atoms with Crippen LogP contribution in [0, 0.1) is 10.8 Å². The monoisotopic (exact) mass is 510 g/mol. The van der Waals surface area contributed by atoms with Gasteiger partial charge in [0.1, 0.15) is 5.75 Å². The van der Waals surface area contributed by atoms with Gasteiger partial charge in [-0.2, -0.15) is 0 Å². The van der Waals surface area contributed by atoms with Crippen molar-refractivity contribution in [2.24, 2.45) is 10.8 Å². The smallest absolute Gasteiger partial charge is 0.244 e. The second kappa shape index (κ2) is 12.9. The number of anilines is 1. The molecule has 0 bridgehead atoms. The number of carbonyl (C=O) groups excluding carboxylic acids is 1. The second-order valence-electron chi connectivity index (χ2n) is 12.7. The summed E-state index contributed by atoms with van der Waals surface area (Å²) in [6.07, 6.45) is 1.76. The lowest BCUT2D eigenvalue weighted by atomic mass is 9.64. The SMILES string of the molecule is CCCc1ccc(NC(=O)C(C)(C)NCCOC(C)Oc2ccc(C(C(C)(C)C)C(C)(C)C)cc2)cc1. The van der Waals surface area contributed by atoms with Crippen LogP contribution >= 0.6 is 0 Å². The van der Waals surface area contributed by atoms with Crippen molar-refractivity contribution in [2.75, 3.05) is 18.5 Å². The Morgan fingerprint density at radius 3 is 1.95 bits per heavy atom. The summed E-state index contributed by atoms with van der Waals surface area (Å²) < 4.78 is 11.8. The molecular weight excluding hydrogens is 460 g/mol. The Kier molecular flexibility index (Phi) is 10.8. The van der Waals surface area contributed by atoms with E-state index in [1.807, 2.05) is 45.0 Å². The van der Waals surface area contributed by atoms with E-state index in [-0.39, 0.29) is 16.7 Å². The molecule has 0 fully saturated rings. The first-order valence-corrected chi connectivity index (χ1v) is 13.7. The molecule has 0 aliphatic rings. The number of aryl methyl sites for hydroxylation is 1. The number of hydrogen-bond acceptors (Lipinski definition) is 4. The third-order valence-electron chi connectivity index (χ3n) is 6.59. The largest absolute Gasteiger partial charge is 0.465 e. The van der Waals surface area contributed by atoms with E-state index in [4.69, 9.17) is 9.47 Å². The topological polar surface area (TPSA) is 59.6 Å². The maximum atomic E-state index is 12.8. The van der Waals surface area contributed by atoms with Gasteiger partial charge in [0.2, 0.25) is 5.91 Å². The van der Waals surface area contributed by atoms with Crippen molar-refractivity contribution in [3.63, 3.8) is 0 Å². The molecule has 0 saturated heterocycles. The molecule has 0 aliphatic heterocycles. The maximum Gasteiger partial charge on any atom is 0.244 e. The molecule has 2 rings (SSSR count). The molecule has 1 atom stereocenters. The molecule has 5 nitrogen and oxygen atoms in total. The number of carbonyl (C=O) groups is 1. The highest BCUT2D eigenvalue weighted by Gasteiger charge is 2.36. The predicted molar refractivity (Wildman–Crippen MR) is 155 cm³/mol. The summed E-state index contributed by atoms with van der Waals surface area (Å²) in [5.74, 6) is 1.13. The van der Waals surface area contributed by atoms with Gasteiger partial charge in [0.15, 0.2) is 6.29 Å². The normalized spacial score (nSPS) is 13.5. The molecule has 37 heavy (non-hydrogen) atoms.